The molecule has 1 N–H and O–H groups in total. The molecule has 2 aromatic rings. The van der Waals surface area contributed by atoms with E-state index >= 15 is 0 Å². The number of benzene rings is 2. The smallest absolute Gasteiger partial charge is 0.146 e. The molecule has 20 heavy (non-hydrogen) atoms. The van der Waals surface area contributed by atoms with Crippen LogP contribution in [0.4, 0.5) is 14.5 Å². The molecular weight excluding hydrogens is 260 g/mol. The predicted octanol–water partition coefficient (Wildman–Crippen LogP) is 3.65. The molecule has 2 nitrogen and oxygen atoms in total. The van der Waals surface area contributed by atoms with E-state index in [4.69, 9.17) is 0 Å². The first-order chi connectivity index (χ1) is 9.49. The molecule has 0 unspecified atom stereocenters. The zero-order chi connectivity index (χ0) is 14.7. The number of nitrogens with zero attached hydrogens (tertiary/aromatic N) is 1. The van der Waals surface area contributed by atoms with E-state index in [1.807, 2.05) is 0 Å². The molecule has 0 radical (unpaired) electrons. The molecule has 0 fully saturated rings. The van der Waals surface area contributed by atoms with Crippen molar-refractivity contribution in [2.75, 3.05) is 11.9 Å². The summed E-state index contributed by atoms with van der Waals surface area (Å²) >= 11 is 0. The van der Waals surface area contributed by atoms with Gasteiger partial charge >= 0.3 is 0 Å². The highest BCUT2D eigenvalue weighted by molar-refractivity contribution is 5.49. The molecule has 0 heterocycles. The topological polar surface area (TPSA) is 23.5 Å². The fraction of sp³-hybridized carbons (Fsp3) is 0.250. The Bertz CT molecular complexity index is 599. The largest absolute Gasteiger partial charge is 0.389 e. The number of hydrogen-bond donors (Lipinski definition) is 1. The third-order valence-corrected chi connectivity index (χ3v) is 3.23. The average molecular weight is 277 g/mol. The molecule has 1 atom stereocenters. The van der Waals surface area contributed by atoms with Crippen LogP contribution in [0.2, 0.25) is 0 Å². The van der Waals surface area contributed by atoms with Crippen molar-refractivity contribution in [2.24, 2.45) is 0 Å². The molecular formula is C16H17F2NO. The van der Waals surface area contributed by atoms with Gasteiger partial charge in [-0.05, 0) is 30.7 Å². The average Bonchev–Trinajstić information content (AvgIpc) is 2.41. The van der Waals surface area contributed by atoms with Crippen LogP contribution in [0.15, 0.2) is 42.5 Å². The number of anilines is 1. The van der Waals surface area contributed by atoms with Gasteiger partial charge in [0.2, 0.25) is 0 Å². The van der Waals surface area contributed by atoms with Gasteiger partial charge in [-0.2, -0.15) is 0 Å². The maximum absolute atomic E-state index is 14.0. The van der Waals surface area contributed by atoms with Crippen LogP contribution in [-0.4, -0.2) is 12.2 Å². The lowest BCUT2D eigenvalue weighted by Gasteiger charge is -2.21. The molecule has 0 saturated heterocycles. The first-order valence-corrected chi connectivity index (χ1v) is 6.41. The Hall–Kier alpha value is -1.94. The highest BCUT2D eigenvalue weighted by Crippen LogP contribution is 2.24. The molecule has 0 amide bonds. The van der Waals surface area contributed by atoms with Crippen LogP contribution >= 0.6 is 0 Å². The SMILES string of the molecule is C[C@H](O)c1ccc(N(C)Cc2ccccc2F)c(F)c1. The fourth-order valence-corrected chi connectivity index (χ4v) is 2.06. The van der Waals surface area contributed by atoms with E-state index in [1.165, 1.54) is 12.1 Å². The van der Waals surface area contributed by atoms with Crippen LogP contribution in [0, 0.1) is 11.6 Å². The molecule has 106 valence electrons. The third kappa shape index (κ3) is 3.14. The fourth-order valence-electron chi connectivity index (χ4n) is 2.06. The minimum absolute atomic E-state index is 0.275. The van der Waals surface area contributed by atoms with Gasteiger partial charge in [-0.25, -0.2) is 8.78 Å². The van der Waals surface area contributed by atoms with Gasteiger partial charge in [0.25, 0.3) is 0 Å². The lowest BCUT2D eigenvalue weighted by atomic mass is 10.1. The van der Waals surface area contributed by atoms with E-state index in [0.29, 0.717) is 16.8 Å². The minimum Gasteiger partial charge on any atom is -0.389 e. The Labute approximate surface area is 117 Å². The van der Waals surface area contributed by atoms with Gasteiger partial charge in [0.15, 0.2) is 0 Å². The van der Waals surface area contributed by atoms with Crippen LogP contribution in [-0.2, 0) is 6.54 Å². The molecule has 0 saturated carbocycles. The van der Waals surface area contributed by atoms with Crippen LogP contribution in [0.25, 0.3) is 0 Å². The second-order valence-electron chi connectivity index (χ2n) is 4.83. The Morgan fingerprint density at radius 1 is 1.10 bits per heavy atom. The van der Waals surface area contributed by atoms with Crippen LogP contribution in [0.3, 0.4) is 0 Å². The molecule has 4 heteroatoms. The van der Waals surface area contributed by atoms with Crippen LogP contribution in [0.1, 0.15) is 24.2 Å². The van der Waals surface area contributed by atoms with Crippen molar-refractivity contribution in [2.45, 2.75) is 19.6 Å². The van der Waals surface area contributed by atoms with E-state index in [1.54, 1.807) is 49.2 Å². The standard InChI is InChI=1S/C16H17F2NO/c1-11(20)12-7-8-16(15(18)9-12)19(2)10-13-5-3-4-6-14(13)17/h3-9,11,20H,10H2,1-2H3/t11-/m0/s1. The molecule has 2 aromatic carbocycles. The van der Waals surface area contributed by atoms with Crippen molar-refractivity contribution < 1.29 is 13.9 Å². The predicted molar refractivity (Wildman–Crippen MR) is 75.5 cm³/mol. The lowest BCUT2D eigenvalue weighted by Crippen LogP contribution is -2.18. The molecule has 0 bridgehead atoms. The molecule has 0 aliphatic heterocycles. The molecule has 2 rings (SSSR count). The van der Waals surface area contributed by atoms with Gasteiger partial charge in [0.05, 0.1) is 11.8 Å². The number of aliphatic hydroxyl groups is 1. The molecule has 0 aromatic heterocycles. The lowest BCUT2D eigenvalue weighted by molar-refractivity contribution is 0.199. The Balaban J connectivity index is 2.21. The van der Waals surface area contributed by atoms with E-state index in [2.05, 4.69) is 0 Å². The summed E-state index contributed by atoms with van der Waals surface area (Å²) in [4.78, 5) is 1.64. The van der Waals surface area contributed by atoms with E-state index < -0.39 is 11.9 Å². The van der Waals surface area contributed by atoms with Crippen molar-refractivity contribution in [1.82, 2.24) is 0 Å². The van der Waals surface area contributed by atoms with Crippen molar-refractivity contribution in [3.05, 3.63) is 65.2 Å². The Morgan fingerprint density at radius 3 is 2.40 bits per heavy atom. The second-order valence-corrected chi connectivity index (χ2v) is 4.83. The number of hydrogen-bond acceptors (Lipinski definition) is 2. The molecule has 0 aliphatic carbocycles. The quantitative estimate of drug-likeness (QED) is 0.922. The minimum atomic E-state index is -0.713. The highest BCUT2D eigenvalue weighted by Gasteiger charge is 2.12. The molecule has 0 spiro atoms. The van der Waals surface area contributed by atoms with Gasteiger partial charge in [-0.3, -0.25) is 0 Å². The van der Waals surface area contributed by atoms with Gasteiger partial charge in [-0.15, -0.1) is 0 Å². The van der Waals surface area contributed by atoms with Crippen molar-refractivity contribution >= 4 is 5.69 Å². The maximum atomic E-state index is 14.0. The summed E-state index contributed by atoms with van der Waals surface area (Å²) in [5.74, 6) is -0.734. The van der Waals surface area contributed by atoms with Crippen LogP contribution in [0.5, 0.6) is 0 Å². The zero-order valence-electron chi connectivity index (χ0n) is 11.5. The first-order valence-electron chi connectivity index (χ1n) is 6.41. The summed E-state index contributed by atoms with van der Waals surface area (Å²) < 4.78 is 27.6. The summed E-state index contributed by atoms with van der Waals surface area (Å²) in [5, 5.41) is 9.42. The summed E-state index contributed by atoms with van der Waals surface area (Å²) in [6.07, 6.45) is -0.713. The number of rotatable bonds is 4. The zero-order valence-corrected chi connectivity index (χ0v) is 11.5. The van der Waals surface area contributed by atoms with Gasteiger partial charge in [0, 0.05) is 19.2 Å². The van der Waals surface area contributed by atoms with E-state index in [9.17, 15) is 13.9 Å². The number of halogens is 2. The summed E-state index contributed by atoms with van der Waals surface area (Å²) in [6, 6.07) is 11.0. The van der Waals surface area contributed by atoms with Gasteiger partial charge in [-0.1, -0.05) is 24.3 Å². The third-order valence-electron chi connectivity index (χ3n) is 3.23. The van der Waals surface area contributed by atoms with Gasteiger partial charge < -0.3 is 10.0 Å². The normalized spacial score (nSPS) is 12.2. The van der Waals surface area contributed by atoms with Crippen molar-refractivity contribution in [3.8, 4) is 0 Å². The number of aliphatic hydroxyl groups excluding tert-OH is 1. The first kappa shape index (κ1) is 14.5. The Kier molecular flexibility index (Phi) is 4.35. The monoisotopic (exact) mass is 277 g/mol. The van der Waals surface area contributed by atoms with Crippen molar-refractivity contribution in [3.63, 3.8) is 0 Å². The summed E-state index contributed by atoms with van der Waals surface area (Å²) in [6.45, 7) is 1.86. The van der Waals surface area contributed by atoms with E-state index in [0.717, 1.165) is 0 Å². The van der Waals surface area contributed by atoms with E-state index in [-0.39, 0.29) is 12.4 Å². The van der Waals surface area contributed by atoms with Crippen molar-refractivity contribution in [1.29, 1.82) is 0 Å². The van der Waals surface area contributed by atoms with Crippen LogP contribution < -0.4 is 4.90 Å². The molecule has 0 aliphatic rings. The Morgan fingerprint density at radius 2 is 1.80 bits per heavy atom. The second kappa shape index (κ2) is 6.01. The van der Waals surface area contributed by atoms with Gasteiger partial charge in [0.1, 0.15) is 11.6 Å². The maximum Gasteiger partial charge on any atom is 0.146 e. The highest BCUT2D eigenvalue weighted by atomic mass is 19.1. The summed E-state index contributed by atoms with van der Waals surface area (Å²) in [5.41, 5.74) is 1.40. The summed E-state index contributed by atoms with van der Waals surface area (Å²) in [7, 11) is 1.70.